The largest absolute Gasteiger partial charge is 0.469 e. The molecule has 8 nitrogen and oxygen atoms in total. The number of aryl methyl sites for hydroxylation is 1. The second-order valence-electron chi connectivity index (χ2n) is 5.37. The van der Waals surface area contributed by atoms with Gasteiger partial charge in [0.25, 0.3) is 0 Å². The topological polar surface area (TPSA) is 93.4 Å². The molecule has 0 radical (unpaired) electrons. The molecule has 0 saturated carbocycles. The number of halogens is 1. The number of guanidine groups is 1. The predicted molar refractivity (Wildman–Crippen MR) is 109 cm³/mol. The molecule has 0 spiro atoms. The first-order chi connectivity index (χ1) is 11.7. The van der Waals surface area contributed by atoms with E-state index in [0.29, 0.717) is 6.42 Å². The molecule has 9 heteroatoms. The van der Waals surface area contributed by atoms with Gasteiger partial charge in [-0.3, -0.25) is 9.79 Å². The molecule has 1 rings (SSSR count). The zero-order chi connectivity index (χ0) is 17.6. The Morgan fingerprint density at radius 1 is 1.28 bits per heavy atom. The van der Waals surface area contributed by atoms with Crippen molar-refractivity contribution in [2.24, 2.45) is 4.99 Å². The Labute approximate surface area is 167 Å². The second-order valence-corrected chi connectivity index (χ2v) is 5.37. The summed E-state index contributed by atoms with van der Waals surface area (Å²) in [4.78, 5) is 15.6. The van der Waals surface area contributed by atoms with Gasteiger partial charge in [0.1, 0.15) is 12.2 Å². The van der Waals surface area contributed by atoms with Crippen molar-refractivity contribution in [1.82, 2.24) is 25.4 Å². The lowest BCUT2D eigenvalue weighted by Crippen LogP contribution is -2.39. The summed E-state index contributed by atoms with van der Waals surface area (Å²) in [7, 11) is 1.42. The zero-order valence-corrected chi connectivity index (χ0v) is 17.8. The monoisotopic (exact) mass is 466 g/mol. The maximum absolute atomic E-state index is 11.0. The number of ether oxygens (including phenoxy) is 1. The van der Waals surface area contributed by atoms with E-state index in [0.717, 1.165) is 63.6 Å². The van der Waals surface area contributed by atoms with Crippen LogP contribution in [0.15, 0.2) is 11.3 Å². The number of carbonyl (C=O) groups is 1. The van der Waals surface area contributed by atoms with E-state index >= 15 is 0 Å². The van der Waals surface area contributed by atoms with Gasteiger partial charge >= 0.3 is 5.97 Å². The third-order valence-corrected chi connectivity index (χ3v) is 3.54. The Hall–Kier alpha value is -1.39. The van der Waals surface area contributed by atoms with Crippen LogP contribution < -0.4 is 10.6 Å². The SMILES string of the molecule is CCNC(=NCCCCCC(=O)OC)NCCn1cnnc1CC.I. The van der Waals surface area contributed by atoms with Crippen molar-refractivity contribution in [2.75, 3.05) is 26.7 Å². The highest BCUT2D eigenvalue weighted by molar-refractivity contribution is 14.0. The first kappa shape index (κ1) is 23.6. The van der Waals surface area contributed by atoms with Crippen molar-refractivity contribution in [2.45, 2.75) is 52.5 Å². The summed E-state index contributed by atoms with van der Waals surface area (Å²) in [6.45, 7) is 7.24. The number of hydrogen-bond acceptors (Lipinski definition) is 5. The first-order valence-electron chi connectivity index (χ1n) is 8.66. The van der Waals surface area contributed by atoms with Crippen LogP contribution in [0.5, 0.6) is 0 Å². The minimum Gasteiger partial charge on any atom is -0.469 e. The zero-order valence-electron chi connectivity index (χ0n) is 15.5. The molecule has 144 valence electrons. The quantitative estimate of drug-likeness (QED) is 0.170. The molecule has 0 atom stereocenters. The van der Waals surface area contributed by atoms with E-state index in [1.54, 1.807) is 6.33 Å². The molecule has 1 aromatic heterocycles. The van der Waals surface area contributed by atoms with E-state index in [2.05, 4.69) is 37.5 Å². The van der Waals surface area contributed by atoms with Crippen LogP contribution in [-0.4, -0.2) is 53.4 Å². The van der Waals surface area contributed by atoms with Gasteiger partial charge < -0.3 is 19.9 Å². The molecule has 0 aliphatic rings. The molecule has 0 saturated heterocycles. The summed E-state index contributed by atoms with van der Waals surface area (Å²) >= 11 is 0. The van der Waals surface area contributed by atoms with E-state index in [9.17, 15) is 4.79 Å². The number of nitrogens with zero attached hydrogens (tertiary/aromatic N) is 4. The standard InChI is InChI=1S/C16H30N6O2.HI/c1-4-14-21-20-13-22(14)12-11-19-16(17-5-2)18-10-8-6-7-9-15(23)24-3;/h13H,4-12H2,1-3H3,(H2,17,18,19);1H. The number of aromatic nitrogens is 3. The van der Waals surface area contributed by atoms with Crippen LogP contribution >= 0.6 is 24.0 Å². The van der Waals surface area contributed by atoms with Crippen LogP contribution in [0.2, 0.25) is 0 Å². The highest BCUT2D eigenvalue weighted by atomic mass is 127. The summed E-state index contributed by atoms with van der Waals surface area (Å²) in [6, 6.07) is 0. The fourth-order valence-electron chi connectivity index (χ4n) is 2.23. The van der Waals surface area contributed by atoms with Gasteiger partial charge in [0.05, 0.1) is 7.11 Å². The molecule has 0 aliphatic carbocycles. The molecule has 0 unspecified atom stereocenters. The van der Waals surface area contributed by atoms with Gasteiger partial charge in [0, 0.05) is 39.0 Å². The minimum atomic E-state index is -0.144. The molecule has 1 aromatic rings. The molecule has 0 aromatic carbocycles. The number of rotatable bonds is 11. The van der Waals surface area contributed by atoms with Crippen molar-refractivity contribution in [3.63, 3.8) is 0 Å². The third kappa shape index (κ3) is 10.3. The number of methoxy groups -OCH3 is 1. The third-order valence-electron chi connectivity index (χ3n) is 3.54. The lowest BCUT2D eigenvalue weighted by atomic mass is 10.2. The van der Waals surface area contributed by atoms with Crippen LogP contribution in [0.1, 0.15) is 45.4 Å². The minimum absolute atomic E-state index is 0. The molecule has 2 N–H and O–H groups in total. The van der Waals surface area contributed by atoms with Crippen molar-refractivity contribution in [3.05, 3.63) is 12.2 Å². The van der Waals surface area contributed by atoms with Crippen LogP contribution in [0.25, 0.3) is 0 Å². The van der Waals surface area contributed by atoms with Crippen molar-refractivity contribution < 1.29 is 9.53 Å². The van der Waals surface area contributed by atoms with E-state index in [-0.39, 0.29) is 29.9 Å². The van der Waals surface area contributed by atoms with Crippen LogP contribution in [0.3, 0.4) is 0 Å². The Morgan fingerprint density at radius 2 is 2.08 bits per heavy atom. The Bertz CT molecular complexity index is 507. The summed E-state index contributed by atoms with van der Waals surface area (Å²) < 4.78 is 6.67. The number of esters is 1. The average Bonchev–Trinajstić information content (AvgIpc) is 3.05. The van der Waals surface area contributed by atoms with Crippen molar-refractivity contribution in [1.29, 1.82) is 0 Å². The molecular weight excluding hydrogens is 435 g/mol. The van der Waals surface area contributed by atoms with E-state index in [1.165, 1.54) is 7.11 Å². The lowest BCUT2D eigenvalue weighted by molar-refractivity contribution is -0.140. The average molecular weight is 466 g/mol. The fourth-order valence-corrected chi connectivity index (χ4v) is 2.23. The van der Waals surface area contributed by atoms with Gasteiger partial charge in [0.2, 0.25) is 0 Å². The van der Waals surface area contributed by atoms with Gasteiger partial charge in [-0.05, 0) is 19.8 Å². The Balaban J connectivity index is 0.00000576. The van der Waals surface area contributed by atoms with E-state index in [4.69, 9.17) is 0 Å². The van der Waals surface area contributed by atoms with Gasteiger partial charge in [-0.1, -0.05) is 13.3 Å². The smallest absolute Gasteiger partial charge is 0.305 e. The predicted octanol–water partition coefficient (Wildman–Crippen LogP) is 1.75. The number of unbranched alkanes of at least 4 members (excludes halogenated alkanes) is 2. The fraction of sp³-hybridized carbons (Fsp3) is 0.750. The molecule has 0 fully saturated rings. The number of aliphatic imine (C=N–C) groups is 1. The first-order valence-corrected chi connectivity index (χ1v) is 8.66. The van der Waals surface area contributed by atoms with Gasteiger partial charge in [-0.25, -0.2) is 0 Å². The molecule has 0 aliphatic heterocycles. The van der Waals surface area contributed by atoms with Crippen LogP contribution in [0.4, 0.5) is 0 Å². The van der Waals surface area contributed by atoms with Crippen molar-refractivity contribution in [3.8, 4) is 0 Å². The molecule has 1 heterocycles. The molecule has 25 heavy (non-hydrogen) atoms. The summed E-state index contributed by atoms with van der Waals surface area (Å²) in [6.07, 6.45) is 5.89. The summed E-state index contributed by atoms with van der Waals surface area (Å²) in [5.74, 6) is 1.66. The summed E-state index contributed by atoms with van der Waals surface area (Å²) in [5.41, 5.74) is 0. The van der Waals surface area contributed by atoms with Gasteiger partial charge in [-0.15, -0.1) is 34.2 Å². The Morgan fingerprint density at radius 3 is 2.76 bits per heavy atom. The Kier molecular flexibility index (Phi) is 14.1. The van der Waals surface area contributed by atoms with E-state index < -0.39 is 0 Å². The van der Waals surface area contributed by atoms with Gasteiger partial charge in [-0.2, -0.15) is 0 Å². The number of carbonyl (C=O) groups excluding carboxylic acids is 1. The highest BCUT2D eigenvalue weighted by Gasteiger charge is 2.02. The van der Waals surface area contributed by atoms with Gasteiger partial charge in [0.15, 0.2) is 5.96 Å². The molecule has 0 bridgehead atoms. The maximum atomic E-state index is 11.0. The summed E-state index contributed by atoms with van der Waals surface area (Å²) in [5, 5.41) is 14.6. The molecular formula is C16H31IN6O2. The van der Waals surface area contributed by atoms with E-state index in [1.807, 2.05) is 11.5 Å². The molecule has 0 amide bonds. The van der Waals surface area contributed by atoms with Crippen LogP contribution in [0, 0.1) is 0 Å². The van der Waals surface area contributed by atoms with Crippen LogP contribution in [-0.2, 0) is 22.5 Å². The highest BCUT2D eigenvalue weighted by Crippen LogP contribution is 2.01. The lowest BCUT2D eigenvalue weighted by Gasteiger charge is -2.12. The normalized spacial score (nSPS) is 10.9. The van der Waals surface area contributed by atoms with Crippen molar-refractivity contribution >= 4 is 35.9 Å². The second kappa shape index (κ2) is 14.9. The number of nitrogens with one attached hydrogen (secondary N) is 2. The number of hydrogen-bond donors (Lipinski definition) is 2. The maximum Gasteiger partial charge on any atom is 0.305 e.